The van der Waals surface area contributed by atoms with Gasteiger partial charge in [0.25, 0.3) is 0 Å². The molecule has 2 aliphatic rings. The Morgan fingerprint density at radius 1 is 0.933 bits per heavy atom. The first kappa shape index (κ1) is 11.1. The second kappa shape index (κ2) is 5.64. The van der Waals surface area contributed by atoms with E-state index in [4.69, 9.17) is 0 Å². The molecule has 0 spiro atoms. The smallest absolute Gasteiger partial charge is 0.132 e. The predicted molar refractivity (Wildman–Crippen MR) is 61.8 cm³/mol. The lowest BCUT2D eigenvalue weighted by Crippen LogP contribution is -2.27. The molecular formula is C13H23NO. The molecule has 0 aromatic rings. The number of ketones is 1. The normalized spacial score (nSPS) is 22.9. The van der Waals surface area contributed by atoms with Gasteiger partial charge in [-0.25, -0.2) is 0 Å². The van der Waals surface area contributed by atoms with Gasteiger partial charge in [-0.15, -0.1) is 0 Å². The van der Waals surface area contributed by atoms with Crippen molar-refractivity contribution in [2.75, 3.05) is 13.1 Å². The molecule has 2 rings (SSSR count). The van der Waals surface area contributed by atoms with Crippen LogP contribution < -0.4 is 5.32 Å². The fourth-order valence-electron chi connectivity index (χ4n) is 2.43. The van der Waals surface area contributed by atoms with Gasteiger partial charge in [0.15, 0.2) is 0 Å². The SMILES string of the molecule is O=C(CCC1CCNCC1)CCC1CC1. The summed E-state index contributed by atoms with van der Waals surface area (Å²) in [5, 5.41) is 3.37. The van der Waals surface area contributed by atoms with Crippen LogP contribution >= 0.6 is 0 Å². The number of hydrogen-bond acceptors (Lipinski definition) is 2. The van der Waals surface area contributed by atoms with Crippen molar-refractivity contribution in [3.63, 3.8) is 0 Å². The molecule has 2 fully saturated rings. The molecule has 0 atom stereocenters. The average molecular weight is 209 g/mol. The van der Waals surface area contributed by atoms with E-state index in [9.17, 15) is 4.79 Å². The van der Waals surface area contributed by atoms with Crippen molar-refractivity contribution in [2.24, 2.45) is 11.8 Å². The molecule has 1 aliphatic carbocycles. The van der Waals surface area contributed by atoms with Gasteiger partial charge in [0.2, 0.25) is 0 Å². The molecule has 86 valence electrons. The van der Waals surface area contributed by atoms with E-state index in [1.54, 1.807) is 0 Å². The van der Waals surface area contributed by atoms with Crippen molar-refractivity contribution < 1.29 is 4.79 Å². The Kier molecular flexibility index (Phi) is 4.18. The van der Waals surface area contributed by atoms with Gasteiger partial charge in [-0.3, -0.25) is 4.79 Å². The molecule has 1 N–H and O–H groups in total. The third kappa shape index (κ3) is 4.33. The zero-order valence-corrected chi connectivity index (χ0v) is 9.63. The summed E-state index contributed by atoms with van der Waals surface area (Å²) in [4.78, 5) is 11.6. The predicted octanol–water partition coefficient (Wildman–Crippen LogP) is 2.53. The van der Waals surface area contributed by atoms with Gasteiger partial charge in [-0.1, -0.05) is 12.8 Å². The number of rotatable bonds is 6. The zero-order valence-electron chi connectivity index (χ0n) is 9.63. The summed E-state index contributed by atoms with van der Waals surface area (Å²) < 4.78 is 0. The Balaban J connectivity index is 1.53. The minimum atomic E-state index is 0.514. The Bertz CT molecular complexity index is 205. The summed E-state index contributed by atoms with van der Waals surface area (Å²) in [6, 6.07) is 0. The highest BCUT2D eigenvalue weighted by Gasteiger charge is 2.22. The lowest BCUT2D eigenvalue weighted by atomic mass is 9.91. The summed E-state index contributed by atoms with van der Waals surface area (Å²) in [5.41, 5.74) is 0. The molecule has 15 heavy (non-hydrogen) atoms. The van der Waals surface area contributed by atoms with Gasteiger partial charge >= 0.3 is 0 Å². The van der Waals surface area contributed by atoms with Crippen LogP contribution in [0.3, 0.4) is 0 Å². The van der Waals surface area contributed by atoms with Crippen LogP contribution in [-0.4, -0.2) is 18.9 Å². The molecular weight excluding hydrogens is 186 g/mol. The van der Waals surface area contributed by atoms with Crippen LogP contribution in [0.15, 0.2) is 0 Å². The van der Waals surface area contributed by atoms with Crippen LogP contribution in [0.25, 0.3) is 0 Å². The van der Waals surface area contributed by atoms with Gasteiger partial charge in [0.1, 0.15) is 5.78 Å². The Hall–Kier alpha value is -0.370. The maximum atomic E-state index is 11.6. The molecule has 0 aromatic heterocycles. The number of hydrogen-bond donors (Lipinski definition) is 1. The number of nitrogens with one attached hydrogen (secondary N) is 1. The minimum absolute atomic E-state index is 0.514. The molecule has 2 nitrogen and oxygen atoms in total. The third-order valence-corrected chi connectivity index (χ3v) is 3.82. The molecule has 1 saturated carbocycles. The number of Topliss-reactive ketones (excluding diaryl/α,β-unsaturated/α-hetero) is 1. The minimum Gasteiger partial charge on any atom is -0.317 e. The van der Waals surface area contributed by atoms with E-state index in [1.165, 1.54) is 32.1 Å². The summed E-state index contributed by atoms with van der Waals surface area (Å²) in [7, 11) is 0. The van der Waals surface area contributed by atoms with E-state index in [0.29, 0.717) is 5.78 Å². The van der Waals surface area contributed by atoms with Gasteiger partial charge in [0, 0.05) is 12.8 Å². The van der Waals surface area contributed by atoms with E-state index >= 15 is 0 Å². The average Bonchev–Trinajstić information content (AvgIpc) is 3.09. The lowest BCUT2D eigenvalue weighted by Gasteiger charge is -2.22. The van der Waals surface area contributed by atoms with Gasteiger partial charge in [-0.2, -0.15) is 0 Å². The van der Waals surface area contributed by atoms with Crippen LogP contribution in [-0.2, 0) is 4.79 Å². The van der Waals surface area contributed by atoms with E-state index in [0.717, 1.165) is 44.2 Å². The van der Waals surface area contributed by atoms with Gasteiger partial charge in [0.05, 0.1) is 0 Å². The van der Waals surface area contributed by atoms with Crippen LogP contribution in [0, 0.1) is 11.8 Å². The molecule has 1 aliphatic heterocycles. The number of piperidine rings is 1. The lowest BCUT2D eigenvalue weighted by molar-refractivity contribution is -0.119. The highest BCUT2D eigenvalue weighted by Crippen LogP contribution is 2.33. The molecule has 0 radical (unpaired) electrons. The Morgan fingerprint density at radius 2 is 1.47 bits per heavy atom. The zero-order chi connectivity index (χ0) is 10.5. The number of carbonyl (C=O) groups is 1. The van der Waals surface area contributed by atoms with E-state index in [1.807, 2.05) is 0 Å². The fraction of sp³-hybridized carbons (Fsp3) is 0.923. The maximum absolute atomic E-state index is 11.6. The highest BCUT2D eigenvalue weighted by molar-refractivity contribution is 5.78. The second-order valence-corrected chi connectivity index (χ2v) is 5.25. The van der Waals surface area contributed by atoms with E-state index in [-0.39, 0.29) is 0 Å². The largest absolute Gasteiger partial charge is 0.317 e. The highest BCUT2D eigenvalue weighted by atomic mass is 16.1. The first-order valence-electron chi connectivity index (χ1n) is 6.57. The molecule has 0 aromatic carbocycles. The van der Waals surface area contributed by atoms with Crippen LogP contribution in [0.4, 0.5) is 0 Å². The Morgan fingerprint density at radius 3 is 2.00 bits per heavy atom. The van der Waals surface area contributed by atoms with Crippen molar-refractivity contribution >= 4 is 5.78 Å². The third-order valence-electron chi connectivity index (χ3n) is 3.82. The molecule has 0 bridgehead atoms. The molecule has 1 saturated heterocycles. The molecule has 1 heterocycles. The van der Waals surface area contributed by atoms with E-state index in [2.05, 4.69) is 5.32 Å². The van der Waals surface area contributed by atoms with Crippen molar-refractivity contribution in [1.82, 2.24) is 5.32 Å². The summed E-state index contributed by atoms with van der Waals surface area (Å²) >= 11 is 0. The van der Waals surface area contributed by atoms with Crippen molar-refractivity contribution in [1.29, 1.82) is 0 Å². The topological polar surface area (TPSA) is 29.1 Å². The summed E-state index contributed by atoms with van der Waals surface area (Å²) in [6.45, 7) is 2.31. The van der Waals surface area contributed by atoms with Crippen molar-refractivity contribution in [2.45, 2.75) is 51.4 Å². The standard InChI is InChI=1S/C13H23NO/c15-13(5-3-11-1-2-11)6-4-12-7-9-14-10-8-12/h11-12,14H,1-10H2. The first-order chi connectivity index (χ1) is 7.34. The first-order valence-corrected chi connectivity index (χ1v) is 6.57. The summed E-state index contributed by atoms with van der Waals surface area (Å²) in [6.07, 6.45) is 9.32. The second-order valence-electron chi connectivity index (χ2n) is 5.25. The van der Waals surface area contributed by atoms with Gasteiger partial charge in [-0.05, 0) is 50.6 Å². The number of carbonyl (C=O) groups excluding carboxylic acids is 1. The monoisotopic (exact) mass is 209 g/mol. The Labute approximate surface area is 92.8 Å². The molecule has 2 heteroatoms. The van der Waals surface area contributed by atoms with Gasteiger partial charge < -0.3 is 5.32 Å². The molecule has 0 amide bonds. The van der Waals surface area contributed by atoms with Crippen molar-refractivity contribution in [3.05, 3.63) is 0 Å². The quantitative estimate of drug-likeness (QED) is 0.728. The fourth-order valence-corrected chi connectivity index (χ4v) is 2.43. The van der Waals surface area contributed by atoms with Crippen LogP contribution in [0.5, 0.6) is 0 Å². The maximum Gasteiger partial charge on any atom is 0.132 e. The van der Waals surface area contributed by atoms with E-state index < -0.39 is 0 Å². The van der Waals surface area contributed by atoms with Crippen LogP contribution in [0.1, 0.15) is 51.4 Å². The summed E-state index contributed by atoms with van der Waals surface area (Å²) in [5.74, 6) is 2.24. The van der Waals surface area contributed by atoms with Crippen molar-refractivity contribution in [3.8, 4) is 0 Å². The molecule has 0 unspecified atom stereocenters. The van der Waals surface area contributed by atoms with Crippen LogP contribution in [0.2, 0.25) is 0 Å².